The van der Waals surface area contributed by atoms with Gasteiger partial charge in [-0.15, -0.1) is 0 Å². The normalized spacial score (nSPS) is 10.5. The fraction of sp³-hybridized carbons (Fsp3) is 0.227. The van der Waals surface area contributed by atoms with Gasteiger partial charge in [-0.05, 0) is 63.2 Å². The second-order valence-corrected chi connectivity index (χ2v) is 7.45. The molecule has 2 N–H and O–H groups in total. The highest BCUT2D eigenvalue weighted by Crippen LogP contribution is 2.21. The van der Waals surface area contributed by atoms with Gasteiger partial charge in [-0.25, -0.2) is 4.98 Å². The Morgan fingerprint density at radius 3 is 2.34 bits per heavy atom. The second kappa shape index (κ2) is 9.52. The van der Waals surface area contributed by atoms with Gasteiger partial charge in [0, 0.05) is 46.3 Å². The summed E-state index contributed by atoms with van der Waals surface area (Å²) in [5.74, 6) is 1.30. The van der Waals surface area contributed by atoms with Crippen LogP contribution in [0.5, 0.6) is 0 Å². The van der Waals surface area contributed by atoms with E-state index in [1.807, 2.05) is 49.4 Å². The van der Waals surface area contributed by atoms with E-state index in [1.54, 1.807) is 12.1 Å². The summed E-state index contributed by atoms with van der Waals surface area (Å²) in [6, 6.07) is 16.7. The number of halogens is 1. The number of hydrogen-bond acceptors (Lipinski definition) is 5. The van der Waals surface area contributed by atoms with E-state index in [0.717, 1.165) is 40.4 Å². The predicted molar refractivity (Wildman–Crippen MR) is 122 cm³/mol. The first kappa shape index (κ1) is 20.8. The lowest BCUT2D eigenvalue weighted by molar-refractivity contribution is 0.102. The molecule has 0 atom stereocenters. The number of benzene rings is 2. The molecular weight excluding hydrogens is 430 g/mol. The third kappa shape index (κ3) is 5.54. The molecule has 0 aliphatic carbocycles. The zero-order valence-corrected chi connectivity index (χ0v) is 18.3. The Balaban J connectivity index is 1.70. The molecule has 1 aromatic heterocycles. The van der Waals surface area contributed by atoms with Crippen molar-refractivity contribution in [3.05, 3.63) is 70.3 Å². The topological polar surface area (TPSA) is 70.2 Å². The standard InChI is InChI=1S/C22H24BrN5O/c1-4-28(5-2)20-13-15(3)24-22(27-20)26-19-11-9-18(10-12-19)25-21(29)16-7-6-8-17(23)14-16/h6-14H,4-5H2,1-3H3,(H,25,29)(H,24,26,27). The molecule has 150 valence electrons. The van der Waals surface area contributed by atoms with Crippen molar-refractivity contribution in [2.75, 3.05) is 28.6 Å². The van der Waals surface area contributed by atoms with Crippen LogP contribution in [0.25, 0.3) is 0 Å². The molecule has 1 amide bonds. The first-order valence-electron chi connectivity index (χ1n) is 9.53. The molecule has 0 aliphatic rings. The summed E-state index contributed by atoms with van der Waals surface area (Å²) in [7, 11) is 0. The summed E-state index contributed by atoms with van der Waals surface area (Å²) < 4.78 is 0.868. The number of aromatic nitrogens is 2. The second-order valence-electron chi connectivity index (χ2n) is 6.53. The van der Waals surface area contributed by atoms with E-state index in [1.165, 1.54) is 0 Å². The zero-order valence-electron chi connectivity index (χ0n) is 16.7. The first-order chi connectivity index (χ1) is 14.0. The molecule has 7 heteroatoms. The minimum atomic E-state index is -0.155. The third-order valence-electron chi connectivity index (χ3n) is 4.41. The highest BCUT2D eigenvalue weighted by molar-refractivity contribution is 9.10. The highest BCUT2D eigenvalue weighted by Gasteiger charge is 2.09. The molecule has 2 aromatic carbocycles. The summed E-state index contributed by atoms with van der Waals surface area (Å²) in [6.07, 6.45) is 0. The maximum Gasteiger partial charge on any atom is 0.255 e. The summed E-state index contributed by atoms with van der Waals surface area (Å²) >= 11 is 3.38. The van der Waals surface area contributed by atoms with Crippen LogP contribution in [0.3, 0.4) is 0 Å². The highest BCUT2D eigenvalue weighted by atomic mass is 79.9. The minimum absolute atomic E-state index is 0.155. The Bertz CT molecular complexity index is 987. The molecule has 3 rings (SSSR count). The van der Waals surface area contributed by atoms with E-state index in [4.69, 9.17) is 0 Å². The molecule has 0 radical (unpaired) electrons. The third-order valence-corrected chi connectivity index (χ3v) is 4.91. The van der Waals surface area contributed by atoms with Gasteiger partial charge < -0.3 is 15.5 Å². The number of carbonyl (C=O) groups excluding carboxylic acids is 1. The molecule has 0 fully saturated rings. The van der Waals surface area contributed by atoms with Crippen LogP contribution in [0, 0.1) is 6.92 Å². The van der Waals surface area contributed by atoms with Crippen LogP contribution in [0.15, 0.2) is 59.1 Å². The minimum Gasteiger partial charge on any atom is -0.357 e. The Morgan fingerprint density at radius 2 is 1.69 bits per heavy atom. The number of nitrogens with zero attached hydrogens (tertiary/aromatic N) is 3. The van der Waals surface area contributed by atoms with Crippen LogP contribution in [0.2, 0.25) is 0 Å². The van der Waals surface area contributed by atoms with Gasteiger partial charge in [0.15, 0.2) is 0 Å². The van der Waals surface area contributed by atoms with Gasteiger partial charge in [-0.1, -0.05) is 22.0 Å². The average molecular weight is 454 g/mol. The molecule has 0 spiro atoms. The molecule has 0 unspecified atom stereocenters. The van der Waals surface area contributed by atoms with Crippen molar-refractivity contribution in [3.8, 4) is 0 Å². The molecule has 0 bridgehead atoms. The number of amides is 1. The van der Waals surface area contributed by atoms with Crippen LogP contribution >= 0.6 is 15.9 Å². The van der Waals surface area contributed by atoms with Crippen LogP contribution in [0.1, 0.15) is 29.9 Å². The van der Waals surface area contributed by atoms with E-state index >= 15 is 0 Å². The largest absolute Gasteiger partial charge is 0.357 e. The van der Waals surface area contributed by atoms with Crippen LogP contribution in [-0.4, -0.2) is 29.0 Å². The van der Waals surface area contributed by atoms with Gasteiger partial charge in [0.05, 0.1) is 0 Å². The van der Waals surface area contributed by atoms with Crippen molar-refractivity contribution >= 4 is 45.0 Å². The van der Waals surface area contributed by atoms with E-state index in [2.05, 4.69) is 55.3 Å². The molecule has 6 nitrogen and oxygen atoms in total. The maximum absolute atomic E-state index is 12.4. The van der Waals surface area contributed by atoms with Gasteiger partial charge >= 0.3 is 0 Å². The van der Waals surface area contributed by atoms with Crippen molar-refractivity contribution < 1.29 is 4.79 Å². The fourth-order valence-corrected chi connectivity index (χ4v) is 3.32. The summed E-state index contributed by atoms with van der Waals surface area (Å²) in [5, 5.41) is 6.14. The molecule has 0 saturated carbocycles. The Labute approximate surface area is 179 Å². The summed E-state index contributed by atoms with van der Waals surface area (Å²) in [4.78, 5) is 23.6. The van der Waals surface area contributed by atoms with E-state index in [-0.39, 0.29) is 5.91 Å². The number of hydrogen-bond donors (Lipinski definition) is 2. The number of rotatable bonds is 7. The lowest BCUT2D eigenvalue weighted by Gasteiger charge is -2.20. The van der Waals surface area contributed by atoms with E-state index in [9.17, 15) is 4.79 Å². The zero-order chi connectivity index (χ0) is 20.8. The van der Waals surface area contributed by atoms with Crippen molar-refractivity contribution in [1.82, 2.24) is 9.97 Å². The van der Waals surface area contributed by atoms with Crippen molar-refractivity contribution in [2.45, 2.75) is 20.8 Å². The number of carbonyl (C=O) groups is 1. The predicted octanol–water partition coefficient (Wildman–Crippen LogP) is 5.39. The van der Waals surface area contributed by atoms with E-state index < -0.39 is 0 Å². The monoisotopic (exact) mass is 453 g/mol. The molecule has 3 aromatic rings. The van der Waals surface area contributed by atoms with E-state index in [0.29, 0.717) is 11.5 Å². The van der Waals surface area contributed by atoms with Crippen LogP contribution in [0.4, 0.5) is 23.1 Å². The van der Waals surface area contributed by atoms with Gasteiger partial charge in [0.25, 0.3) is 5.91 Å². The lowest BCUT2D eigenvalue weighted by atomic mass is 10.2. The molecular formula is C22H24BrN5O. The smallest absolute Gasteiger partial charge is 0.255 e. The Morgan fingerprint density at radius 1 is 1.00 bits per heavy atom. The Kier molecular flexibility index (Phi) is 6.82. The van der Waals surface area contributed by atoms with Gasteiger partial charge in [-0.3, -0.25) is 4.79 Å². The first-order valence-corrected chi connectivity index (χ1v) is 10.3. The van der Waals surface area contributed by atoms with Gasteiger partial charge in [-0.2, -0.15) is 4.98 Å². The molecule has 1 heterocycles. The maximum atomic E-state index is 12.4. The van der Waals surface area contributed by atoms with Crippen LogP contribution < -0.4 is 15.5 Å². The van der Waals surface area contributed by atoms with Crippen molar-refractivity contribution in [1.29, 1.82) is 0 Å². The summed E-state index contributed by atoms with van der Waals surface area (Å²) in [5.41, 5.74) is 3.07. The average Bonchev–Trinajstić information content (AvgIpc) is 2.70. The van der Waals surface area contributed by atoms with Crippen molar-refractivity contribution in [3.63, 3.8) is 0 Å². The number of aryl methyl sites for hydroxylation is 1. The van der Waals surface area contributed by atoms with Gasteiger partial charge in [0.2, 0.25) is 5.95 Å². The van der Waals surface area contributed by atoms with Crippen LogP contribution in [-0.2, 0) is 0 Å². The summed E-state index contributed by atoms with van der Waals surface area (Å²) in [6.45, 7) is 7.95. The van der Waals surface area contributed by atoms with Gasteiger partial charge in [0.1, 0.15) is 5.82 Å². The SMILES string of the molecule is CCN(CC)c1cc(C)nc(Nc2ccc(NC(=O)c3cccc(Br)c3)cc2)n1. The lowest BCUT2D eigenvalue weighted by Crippen LogP contribution is -2.23. The molecule has 0 aliphatic heterocycles. The fourth-order valence-electron chi connectivity index (χ4n) is 2.92. The quantitative estimate of drug-likeness (QED) is 0.501. The van der Waals surface area contributed by atoms with Crippen molar-refractivity contribution in [2.24, 2.45) is 0 Å². The molecule has 0 saturated heterocycles. The Hall–Kier alpha value is -2.93. The number of anilines is 4. The number of nitrogens with one attached hydrogen (secondary N) is 2. The molecule has 29 heavy (non-hydrogen) atoms.